The van der Waals surface area contributed by atoms with Crippen LogP contribution in [-0.2, 0) is 0 Å². The quantitative estimate of drug-likeness (QED) is 0.722. The summed E-state index contributed by atoms with van der Waals surface area (Å²) < 4.78 is 0. The minimum atomic E-state index is 0.436. The van der Waals surface area contributed by atoms with Crippen molar-refractivity contribution in [3.63, 3.8) is 0 Å². The van der Waals surface area contributed by atoms with E-state index in [-0.39, 0.29) is 0 Å². The third-order valence-corrected chi connectivity index (χ3v) is 4.10. The Morgan fingerprint density at radius 3 is 2.47 bits per heavy atom. The summed E-state index contributed by atoms with van der Waals surface area (Å²) in [6, 6.07) is 1.12. The van der Waals surface area contributed by atoms with E-state index in [1.54, 1.807) is 0 Å². The summed E-state index contributed by atoms with van der Waals surface area (Å²) in [6.45, 7) is 4.80. The molecule has 0 spiro atoms. The lowest BCUT2D eigenvalue weighted by Gasteiger charge is -2.34. The van der Waals surface area contributed by atoms with Gasteiger partial charge in [-0.3, -0.25) is 4.90 Å². The van der Waals surface area contributed by atoms with Gasteiger partial charge < -0.3 is 5.73 Å². The molecule has 0 aliphatic heterocycles. The maximum absolute atomic E-state index is 6.31. The SMILES string of the molecule is CCN(CC1CC1)C1CCCCCC1N. The second-order valence-corrected chi connectivity index (χ2v) is 5.40. The molecule has 2 fully saturated rings. The zero-order chi connectivity index (χ0) is 10.7. The highest BCUT2D eigenvalue weighted by atomic mass is 15.2. The first-order valence-electron chi connectivity index (χ1n) is 6.81. The molecule has 2 unspecified atom stereocenters. The van der Waals surface area contributed by atoms with Crippen molar-refractivity contribution >= 4 is 0 Å². The lowest BCUT2D eigenvalue weighted by atomic mass is 10.0. The van der Waals surface area contributed by atoms with Crippen molar-refractivity contribution in [2.24, 2.45) is 11.7 Å². The first-order chi connectivity index (χ1) is 7.31. The first kappa shape index (κ1) is 11.4. The van der Waals surface area contributed by atoms with Gasteiger partial charge in [0.2, 0.25) is 0 Å². The minimum absolute atomic E-state index is 0.436. The van der Waals surface area contributed by atoms with Gasteiger partial charge in [-0.15, -0.1) is 0 Å². The summed E-state index contributed by atoms with van der Waals surface area (Å²) in [6.07, 6.45) is 9.62. The summed E-state index contributed by atoms with van der Waals surface area (Å²) in [5, 5.41) is 0. The second-order valence-electron chi connectivity index (χ2n) is 5.40. The van der Waals surface area contributed by atoms with E-state index in [9.17, 15) is 0 Å². The van der Waals surface area contributed by atoms with Gasteiger partial charge in [-0.25, -0.2) is 0 Å². The van der Waals surface area contributed by atoms with Crippen molar-refractivity contribution in [1.82, 2.24) is 4.90 Å². The van der Waals surface area contributed by atoms with E-state index in [1.807, 2.05) is 0 Å². The average molecular weight is 210 g/mol. The van der Waals surface area contributed by atoms with Crippen LogP contribution in [0.1, 0.15) is 51.9 Å². The molecule has 2 aliphatic rings. The van der Waals surface area contributed by atoms with E-state index in [1.165, 1.54) is 58.0 Å². The molecule has 15 heavy (non-hydrogen) atoms. The third kappa shape index (κ3) is 3.18. The van der Waals surface area contributed by atoms with Gasteiger partial charge in [0.15, 0.2) is 0 Å². The standard InChI is InChI=1S/C13H26N2/c1-2-15(10-11-8-9-11)13-7-5-3-4-6-12(13)14/h11-13H,2-10,14H2,1H3. The third-order valence-electron chi connectivity index (χ3n) is 4.10. The minimum Gasteiger partial charge on any atom is -0.326 e. The summed E-state index contributed by atoms with van der Waals surface area (Å²) in [5.41, 5.74) is 6.31. The van der Waals surface area contributed by atoms with Gasteiger partial charge in [0.1, 0.15) is 0 Å². The van der Waals surface area contributed by atoms with Crippen LogP contribution in [0, 0.1) is 5.92 Å². The molecule has 0 saturated heterocycles. The van der Waals surface area contributed by atoms with Gasteiger partial charge in [-0.1, -0.05) is 26.2 Å². The van der Waals surface area contributed by atoms with Gasteiger partial charge in [0.25, 0.3) is 0 Å². The van der Waals surface area contributed by atoms with Crippen LogP contribution < -0.4 is 5.73 Å². The van der Waals surface area contributed by atoms with Crippen molar-refractivity contribution in [1.29, 1.82) is 0 Å². The predicted molar refractivity (Wildman–Crippen MR) is 64.8 cm³/mol. The lowest BCUT2D eigenvalue weighted by molar-refractivity contribution is 0.164. The Bertz CT molecular complexity index is 189. The highest BCUT2D eigenvalue weighted by molar-refractivity contribution is 4.87. The Morgan fingerprint density at radius 1 is 1.07 bits per heavy atom. The van der Waals surface area contributed by atoms with Crippen LogP contribution in [0.15, 0.2) is 0 Å². The van der Waals surface area contributed by atoms with Crippen LogP contribution in [0.25, 0.3) is 0 Å². The molecule has 0 bridgehead atoms. The number of rotatable bonds is 4. The van der Waals surface area contributed by atoms with Crippen LogP contribution in [0.5, 0.6) is 0 Å². The highest BCUT2D eigenvalue weighted by Gasteiger charge is 2.30. The summed E-state index contributed by atoms with van der Waals surface area (Å²) in [5.74, 6) is 1.00. The molecule has 2 N–H and O–H groups in total. The Balaban J connectivity index is 1.90. The van der Waals surface area contributed by atoms with E-state index in [0.717, 1.165) is 5.92 Å². The van der Waals surface area contributed by atoms with Gasteiger partial charge in [-0.05, 0) is 38.1 Å². The normalized spacial score (nSPS) is 33.0. The van der Waals surface area contributed by atoms with Crippen LogP contribution in [0.3, 0.4) is 0 Å². The smallest absolute Gasteiger partial charge is 0.0247 e. The molecular formula is C13H26N2. The van der Waals surface area contributed by atoms with Crippen molar-refractivity contribution in [2.45, 2.75) is 64.0 Å². The number of nitrogens with two attached hydrogens (primary N) is 1. The summed E-state index contributed by atoms with van der Waals surface area (Å²) in [4.78, 5) is 2.66. The van der Waals surface area contributed by atoms with Crippen LogP contribution in [-0.4, -0.2) is 30.1 Å². The molecule has 0 radical (unpaired) electrons. The van der Waals surface area contributed by atoms with E-state index in [2.05, 4.69) is 11.8 Å². The fraction of sp³-hybridized carbons (Fsp3) is 1.00. The van der Waals surface area contributed by atoms with Crippen LogP contribution in [0.2, 0.25) is 0 Å². The van der Waals surface area contributed by atoms with E-state index in [0.29, 0.717) is 12.1 Å². The molecule has 2 rings (SSSR count). The van der Waals surface area contributed by atoms with Crippen molar-refractivity contribution in [3.8, 4) is 0 Å². The van der Waals surface area contributed by atoms with E-state index < -0.39 is 0 Å². The Kier molecular flexibility index (Phi) is 4.04. The maximum atomic E-state index is 6.31. The largest absolute Gasteiger partial charge is 0.326 e. The monoisotopic (exact) mass is 210 g/mol. The number of likely N-dealkylation sites (N-methyl/N-ethyl adjacent to an activating group) is 1. The van der Waals surface area contributed by atoms with Crippen molar-refractivity contribution in [3.05, 3.63) is 0 Å². The topological polar surface area (TPSA) is 29.3 Å². The molecule has 2 saturated carbocycles. The van der Waals surface area contributed by atoms with Crippen LogP contribution >= 0.6 is 0 Å². The Labute approximate surface area is 94.2 Å². The molecule has 2 atom stereocenters. The molecule has 2 heteroatoms. The molecule has 0 aromatic carbocycles. The van der Waals surface area contributed by atoms with E-state index in [4.69, 9.17) is 5.73 Å². The summed E-state index contributed by atoms with van der Waals surface area (Å²) in [7, 11) is 0. The van der Waals surface area contributed by atoms with Crippen LogP contribution in [0.4, 0.5) is 0 Å². The Morgan fingerprint density at radius 2 is 1.80 bits per heavy atom. The van der Waals surface area contributed by atoms with Gasteiger partial charge >= 0.3 is 0 Å². The first-order valence-corrected chi connectivity index (χ1v) is 6.81. The molecular weight excluding hydrogens is 184 g/mol. The number of hydrogen-bond donors (Lipinski definition) is 1. The molecule has 0 heterocycles. The van der Waals surface area contributed by atoms with Gasteiger partial charge in [0.05, 0.1) is 0 Å². The zero-order valence-electron chi connectivity index (χ0n) is 10.1. The Hall–Kier alpha value is -0.0800. The summed E-state index contributed by atoms with van der Waals surface area (Å²) >= 11 is 0. The van der Waals surface area contributed by atoms with Crippen molar-refractivity contribution < 1.29 is 0 Å². The van der Waals surface area contributed by atoms with Gasteiger partial charge in [-0.2, -0.15) is 0 Å². The molecule has 2 nitrogen and oxygen atoms in total. The fourth-order valence-corrected chi connectivity index (χ4v) is 2.90. The molecule has 0 aromatic rings. The molecule has 0 aromatic heterocycles. The average Bonchev–Trinajstić information content (AvgIpc) is 3.03. The lowest BCUT2D eigenvalue weighted by Crippen LogP contribution is -2.47. The maximum Gasteiger partial charge on any atom is 0.0247 e. The second kappa shape index (κ2) is 5.31. The molecule has 2 aliphatic carbocycles. The zero-order valence-corrected chi connectivity index (χ0v) is 10.1. The number of hydrogen-bond acceptors (Lipinski definition) is 2. The molecule has 0 amide bonds. The molecule has 88 valence electrons. The number of nitrogens with zero attached hydrogens (tertiary/aromatic N) is 1. The fourth-order valence-electron chi connectivity index (χ4n) is 2.90. The van der Waals surface area contributed by atoms with Crippen molar-refractivity contribution in [2.75, 3.05) is 13.1 Å². The van der Waals surface area contributed by atoms with Gasteiger partial charge in [0, 0.05) is 18.6 Å². The van der Waals surface area contributed by atoms with E-state index >= 15 is 0 Å². The highest BCUT2D eigenvalue weighted by Crippen LogP contribution is 2.31. The predicted octanol–water partition coefficient (Wildman–Crippen LogP) is 2.38.